The van der Waals surface area contributed by atoms with Crippen LogP contribution in [0.5, 0.6) is 5.75 Å². The molecule has 0 saturated carbocycles. The summed E-state index contributed by atoms with van der Waals surface area (Å²) in [6, 6.07) is 17.6. The molecule has 0 aliphatic carbocycles. The fraction of sp³-hybridized carbons (Fsp3) is 0.185. The highest BCUT2D eigenvalue weighted by Crippen LogP contribution is 2.41. The highest BCUT2D eigenvalue weighted by atomic mass is 32.2. The van der Waals surface area contributed by atoms with Crippen molar-refractivity contribution in [3.8, 4) is 16.9 Å². The second-order valence-electron chi connectivity index (χ2n) is 8.68. The predicted octanol–water partition coefficient (Wildman–Crippen LogP) is 4.78. The van der Waals surface area contributed by atoms with E-state index in [4.69, 9.17) is 9.26 Å². The summed E-state index contributed by atoms with van der Waals surface area (Å²) in [6.07, 6.45) is 1.76. The maximum absolute atomic E-state index is 13.8. The summed E-state index contributed by atoms with van der Waals surface area (Å²) in [5, 5.41) is 3.60. The first kappa shape index (κ1) is 24.5. The van der Waals surface area contributed by atoms with Crippen molar-refractivity contribution < 1.29 is 26.9 Å². The number of aromatic nitrogens is 1. The smallest absolute Gasteiger partial charge is 0.263 e. The summed E-state index contributed by atoms with van der Waals surface area (Å²) in [5.41, 5.74) is 3.83. The molecule has 4 aromatic rings. The van der Waals surface area contributed by atoms with E-state index in [1.54, 1.807) is 30.2 Å². The highest BCUT2D eigenvalue weighted by Gasteiger charge is 2.33. The van der Waals surface area contributed by atoms with Gasteiger partial charge < -0.3 is 14.2 Å². The van der Waals surface area contributed by atoms with E-state index in [-0.39, 0.29) is 22.4 Å². The average Bonchev–Trinajstić information content (AvgIpc) is 3.39. The van der Waals surface area contributed by atoms with Gasteiger partial charge in [-0.25, -0.2) is 12.8 Å². The van der Waals surface area contributed by atoms with Gasteiger partial charge in [0.05, 0.1) is 18.0 Å². The van der Waals surface area contributed by atoms with E-state index >= 15 is 0 Å². The standard InChI is InChI=1S/C27H24FN3O5S/c1-17(32)31-12-10-20-15-22(37(33,34)30-26-11-13-36-29-26)7-9-23(20)27(31)24-8-6-19(16-25(24)35-2)18-4-3-5-21(28)14-18/h3-9,11,13-16,27H,10,12H2,1-2H3,(H,29,30)/t27-/m0/s1. The molecule has 1 amide bonds. The molecule has 0 unspecified atom stereocenters. The quantitative estimate of drug-likeness (QED) is 0.392. The summed E-state index contributed by atoms with van der Waals surface area (Å²) in [6.45, 7) is 1.91. The Balaban J connectivity index is 1.57. The van der Waals surface area contributed by atoms with Gasteiger partial charge in [0.25, 0.3) is 10.0 Å². The van der Waals surface area contributed by atoms with Crippen LogP contribution in [0, 0.1) is 5.82 Å². The molecule has 2 heterocycles. The van der Waals surface area contributed by atoms with Crippen molar-refractivity contribution in [1.82, 2.24) is 10.1 Å². The number of hydrogen-bond acceptors (Lipinski definition) is 6. The lowest BCUT2D eigenvalue weighted by atomic mass is 9.87. The lowest BCUT2D eigenvalue weighted by Gasteiger charge is -2.38. The Kier molecular flexibility index (Phi) is 6.43. The van der Waals surface area contributed by atoms with Crippen LogP contribution in [-0.2, 0) is 21.2 Å². The number of carbonyl (C=O) groups excluding carboxylic acids is 1. The van der Waals surface area contributed by atoms with Crippen LogP contribution in [0.2, 0.25) is 0 Å². The number of fused-ring (bicyclic) bond motifs is 1. The zero-order valence-electron chi connectivity index (χ0n) is 20.1. The fourth-order valence-electron chi connectivity index (χ4n) is 4.69. The van der Waals surface area contributed by atoms with E-state index in [9.17, 15) is 17.6 Å². The van der Waals surface area contributed by atoms with Crippen LogP contribution >= 0.6 is 0 Å². The molecule has 1 atom stereocenters. The topological polar surface area (TPSA) is 102 Å². The second kappa shape index (κ2) is 9.70. The Morgan fingerprint density at radius 2 is 1.86 bits per heavy atom. The number of rotatable bonds is 6. The number of ether oxygens (including phenoxy) is 1. The van der Waals surface area contributed by atoms with Crippen LogP contribution in [0.3, 0.4) is 0 Å². The molecule has 0 bridgehead atoms. The third-order valence-corrected chi connectivity index (χ3v) is 7.77. The zero-order valence-corrected chi connectivity index (χ0v) is 21.0. The van der Waals surface area contributed by atoms with Gasteiger partial charge in [0, 0.05) is 25.1 Å². The molecule has 0 spiro atoms. The number of anilines is 1. The monoisotopic (exact) mass is 521 g/mol. The van der Waals surface area contributed by atoms with Gasteiger partial charge in [-0.05, 0) is 59.0 Å². The molecule has 5 rings (SSSR count). The number of halogens is 1. The fourth-order valence-corrected chi connectivity index (χ4v) is 5.73. The molecule has 0 saturated heterocycles. The molecule has 1 aliphatic rings. The number of benzene rings is 3. The van der Waals surface area contributed by atoms with Crippen LogP contribution in [0.1, 0.15) is 29.7 Å². The minimum absolute atomic E-state index is 0.0812. The van der Waals surface area contributed by atoms with Gasteiger partial charge >= 0.3 is 0 Å². The minimum atomic E-state index is -3.89. The number of carbonyl (C=O) groups is 1. The summed E-state index contributed by atoms with van der Waals surface area (Å²) in [5.74, 6) is 0.168. The second-order valence-corrected chi connectivity index (χ2v) is 10.4. The largest absolute Gasteiger partial charge is 0.496 e. The summed E-state index contributed by atoms with van der Waals surface area (Å²) in [7, 11) is -2.35. The van der Waals surface area contributed by atoms with E-state index < -0.39 is 16.1 Å². The summed E-state index contributed by atoms with van der Waals surface area (Å²) in [4.78, 5) is 14.5. The molecule has 1 aliphatic heterocycles. The molecular weight excluding hydrogens is 497 g/mol. The van der Waals surface area contributed by atoms with Gasteiger partial charge in [-0.1, -0.05) is 35.5 Å². The number of amides is 1. The van der Waals surface area contributed by atoms with Gasteiger partial charge in [0.1, 0.15) is 17.8 Å². The molecule has 0 radical (unpaired) electrons. The number of nitrogens with zero attached hydrogens (tertiary/aromatic N) is 2. The Morgan fingerprint density at radius 1 is 1.08 bits per heavy atom. The van der Waals surface area contributed by atoms with Crippen LogP contribution in [0.4, 0.5) is 10.2 Å². The van der Waals surface area contributed by atoms with Gasteiger partial charge in [-0.3, -0.25) is 9.52 Å². The van der Waals surface area contributed by atoms with Gasteiger partial charge in [-0.2, -0.15) is 0 Å². The maximum atomic E-state index is 13.8. The highest BCUT2D eigenvalue weighted by molar-refractivity contribution is 7.92. The Hall–Kier alpha value is -4.18. The van der Waals surface area contributed by atoms with E-state index in [0.29, 0.717) is 24.3 Å². The molecule has 190 valence electrons. The number of nitrogens with one attached hydrogen (secondary N) is 1. The average molecular weight is 522 g/mol. The predicted molar refractivity (Wildman–Crippen MR) is 135 cm³/mol. The number of methoxy groups -OCH3 is 1. The molecular formula is C27H24FN3O5S. The van der Waals surface area contributed by atoms with E-state index in [0.717, 1.165) is 22.3 Å². The molecule has 1 aromatic heterocycles. The first-order valence-electron chi connectivity index (χ1n) is 11.5. The van der Waals surface area contributed by atoms with E-state index in [1.807, 2.05) is 24.3 Å². The summed E-state index contributed by atoms with van der Waals surface area (Å²) >= 11 is 0. The third kappa shape index (κ3) is 4.79. The van der Waals surface area contributed by atoms with Crippen LogP contribution in [0.25, 0.3) is 11.1 Å². The normalized spacial score (nSPS) is 15.2. The van der Waals surface area contributed by atoms with Gasteiger partial charge in [0.2, 0.25) is 5.91 Å². The molecule has 8 nitrogen and oxygen atoms in total. The molecule has 3 aromatic carbocycles. The first-order chi connectivity index (χ1) is 17.8. The first-order valence-corrected chi connectivity index (χ1v) is 13.0. The number of sulfonamides is 1. The zero-order chi connectivity index (χ0) is 26.2. The van der Waals surface area contributed by atoms with Crippen LogP contribution in [-0.4, -0.2) is 38.0 Å². The van der Waals surface area contributed by atoms with Crippen molar-refractivity contribution in [1.29, 1.82) is 0 Å². The van der Waals surface area contributed by atoms with Gasteiger partial charge in [-0.15, -0.1) is 0 Å². The lowest BCUT2D eigenvalue weighted by Crippen LogP contribution is -2.39. The van der Waals surface area contributed by atoms with Crippen molar-refractivity contribution in [3.63, 3.8) is 0 Å². The van der Waals surface area contributed by atoms with E-state index in [1.165, 1.54) is 37.5 Å². The van der Waals surface area contributed by atoms with Crippen molar-refractivity contribution in [2.45, 2.75) is 24.3 Å². The Labute approximate surface area is 213 Å². The van der Waals surface area contributed by atoms with Crippen LogP contribution < -0.4 is 9.46 Å². The SMILES string of the molecule is COc1cc(-c2cccc(F)c2)ccc1[C@@H]1c2ccc(S(=O)(=O)Nc3ccon3)cc2CCN1C(C)=O. The van der Waals surface area contributed by atoms with Crippen molar-refractivity contribution in [2.24, 2.45) is 0 Å². The molecule has 10 heteroatoms. The molecule has 37 heavy (non-hydrogen) atoms. The van der Waals surface area contributed by atoms with Crippen molar-refractivity contribution in [2.75, 3.05) is 18.4 Å². The number of hydrogen-bond donors (Lipinski definition) is 1. The van der Waals surface area contributed by atoms with Crippen molar-refractivity contribution in [3.05, 3.63) is 95.5 Å². The lowest BCUT2D eigenvalue weighted by molar-refractivity contribution is -0.130. The molecule has 0 fully saturated rings. The third-order valence-electron chi connectivity index (χ3n) is 6.42. The van der Waals surface area contributed by atoms with E-state index in [2.05, 4.69) is 9.88 Å². The van der Waals surface area contributed by atoms with Crippen molar-refractivity contribution >= 4 is 21.7 Å². The Bertz CT molecular complexity index is 1570. The molecule has 1 N–H and O–H groups in total. The minimum Gasteiger partial charge on any atom is -0.496 e. The summed E-state index contributed by atoms with van der Waals surface area (Å²) < 4.78 is 52.4. The Morgan fingerprint density at radius 3 is 2.57 bits per heavy atom. The van der Waals surface area contributed by atoms with Gasteiger partial charge in [0.15, 0.2) is 5.82 Å². The maximum Gasteiger partial charge on any atom is 0.263 e. The van der Waals surface area contributed by atoms with Crippen LogP contribution in [0.15, 0.2) is 82.4 Å².